The Morgan fingerprint density at radius 1 is 1.40 bits per heavy atom. The topological polar surface area (TPSA) is 67.6 Å². The van der Waals surface area contributed by atoms with E-state index in [1.165, 1.54) is 0 Å². The number of rotatable bonds is 5. The molecule has 0 spiro atoms. The molecule has 5 heteroatoms. The van der Waals surface area contributed by atoms with E-state index in [0.29, 0.717) is 26.2 Å². The molecule has 0 saturated carbocycles. The first-order valence-electron chi connectivity index (χ1n) is 5.17. The zero-order valence-corrected chi connectivity index (χ0v) is 10.2. The summed E-state index contributed by atoms with van der Waals surface area (Å²) < 4.78 is 4.94. The zero-order valence-electron chi connectivity index (χ0n) is 10.2. The summed E-state index contributed by atoms with van der Waals surface area (Å²) in [6.07, 6.45) is 0. The number of carbonyl (C=O) groups excluding carboxylic acids is 1. The van der Waals surface area contributed by atoms with Gasteiger partial charge in [0.2, 0.25) is 0 Å². The van der Waals surface area contributed by atoms with Gasteiger partial charge in [0.15, 0.2) is 0 Å². The van der Waals surface area contributed by atoms with Crippen LogP contribution < -0.4 is 11.1 Å². The van der Waals surface area contributed by atoms with Crippen LogP contribution in [0.5, 0.6) is 0 Å². The number of nitrogens with one attached hydrogen (secondary N) is 1. The number of nitrogens with zero attached hydrogens (tertiary/aromatic N) is 1. The van der Waals surface area contributed by atoms with Crippen LogP contribution in [0.15, 0.2) is 0 Å². The van der Waals surface area contributed by atoms with Crippen LogP contribution in [-0.2, 0) is 4.74 Å². The van der Waals surface area contributed by atoms with E-state index < -0.39 is 0 Å². The monoisotopic (exact) mass is 217 g/mol. The third-order valence-corrected chi connectivity index (χ3v) is 1.73. The summed E-state index contributed by atoms with van der Waals surface area (Å²) in [5, 5.41) is 2.89. The Bertz CT molecular complexity index is 190. The molecule has 0 fully saturated rings. The number of hydrogen-bond donors (Lipinski definition) is 2. The van der Waals surface area contributed by atoms with E-state index in [-0.39, 0.29) is 11.6 Å². The average molecular weight is 217 g/mol. The van der Waals surface area contributed by atoms with Crippen molar-refractivity contribution in [3.63, 3.8) is 0 Å². The second-order valence-corrected chi connectivity index (χ2v) is 4.45. The van der Waals surface area contributed by atoms with Crippen molar-refractivity contribution < 1.29 is 9.53 Å². The Morgan fingerprint density at radius 3 is 2.40 bits per heavy atom. The average Bonchev–Trinajstić information content (AvgIpc) is 2.09. The Morgan fingerprint density at radius 2 is 2.00 bits per heavy atom. The third-order valence-electron chi connectivity index (χ3n) is 1.73. The molecule has 0 saturated heterocycles. The van der Waals surface area contributed by atoms with Crippen LogP contribution in [0.4, 0.5) is 4.79 Å². The summed E-state index contributed by atoms with van der Waals surface area (Å²) in [5.74, 6) is 0. The van der Waals surface area contributed by atoms with E-state index in [1.54, 1.807) is 12.0 Å². The van der Waals surface area contributed by atoms with E-state index in [2.05, 4.69) is 5.32 Å². The summed E-state index contributed by atoms with van der Waals surface area (Å²) in [4.78, 5) is 13.4. The lowest BCUT2D eigenvalue weighted by Crippen LogP contribution is -2.50. The van der Waals surface area contributed by atoms with Gasteiger partial charge in [-0.25, -0.2) is 4.79 Å². The van der Waals surface area contributed by atoms with Gasteiger partial charge >= 0.3 is 6.03 Å². The quantitative estimate of drug-likeness (QED) is 0.700. The summed E-state index contributed by atoms with van der Waals surface area (Å²) in [7, 11) is 1.61. The molecule has 0 rings (SSSR count). The van der Waals surface area contributed by atoms with Gasteiger partial charge < -0.3 is 20.7 Å². The number of nitrogens with two attached hydrogens (primary N) is 1. The van der Waals surface area contributed by atoms with E-state index in [0.717, 1.165) is 0 Å². The van der Waals surface area contributed by atoms with Gasteiger partial charge in [0.25, 0.3) is 0 Å². The lowest BCUT2D eigenvalue weighted by molar-refractivity contribution is 0.146. The first kappa shape index (κ1) is 14.2. The van der Waals surface area contributed by atoms with Gasteiger partial charge in [-0.05, 0) is 20.8 Å². The fourth-order valence-electron chi connectivity index (χ4n) is 1.07. The number of amides is 2. The lowest BCUT2D eigenvalue weighted by Gasteiger charge is -2.28. The van der Waals surface area contributed by atoms with Gasteiger partial charge in [-0.3, -0.25) is 0 Å². The normalized spacial score (nSPS) is 11.3. The van der Waals surface area contributed by atoms with Gasteiger partial charge in [-0.15, -0.1) is 0 Å². The Hall–Kier alpha value is -0.810. The Kier molecular flexibility index (Phi) is 6.27. The highest BCUT2D eigenvalue weighted by atomic mass is 16.5. The molecule has 0 aromatic carbocycles. The van der Waals surface area contributed by atoms with Gasteiger partial charge in [0, 0.05) is 32.3 Å². The molecule has 0 aromatic rings. The summed E-state index contributed by atoms with van der Waals surface area (Å²) >= 11 is 0. The van der Waals surface area contributed by atoms with Crippen molar-refractivity contribution in [2.24, 2.45) is 5.73 Å². The lowest BCUT2D eigenvalue weighted by atomic mass is 10.1. The number of hydrogen-bond acceptors (Lipinski definition) is 3. The molecule has 0 atom stereocenters. The maximum atomic E-state index is 11.8. The van der Waals surface area contributed by atoms with Gasteiger partial charge in [0.1, 0.15) is 0 Å². The van der Waals surface area contributed by atoms with E-state index in [9.17, 15) is 4.79 Å². The molecule has 0 aliphatic heterocycles. The largest absolute Gasteiger partial charge is 0.383 e. The molecule has 2 amide bonds. The Balaban J connectivity index is 4.15. The highest BCUT2D eigenvalue weighted by Gasteiger charge is 2.18. The maximum Gasteiger partial charge on any atom is 0.317 e. The molecule has 0 unspecified atom stereocenters. The smallest absolute Gasteiger partial charge is 0.317 e. The number of ether oxygens (including phenoxy) is 1. The molecule has 0 radical (unpaired) electrons. The number of urea groups is 1. The van der Waals surface area contributed by atoms with Crippen LogP contribution in [0.25, 0.3) is 0 Å². The molecule has 15 heavy (non-hydrogen) atoms. The van der Waals surface area contributed by atoms with Crippen molar-refractivity contribution in [3.05, 3.63) is 0 Å². The fourth-order valence-corrected chi connectivity index (χ4v) is 1.07. The molecular weight excluding hydrogens is 194 g/mol. The van der Waals surface area contributed by atoms with Crippen LogP contribution >= 0.6 is 0 Å². The van der Waals surface area contributed by atoms with Crippen LogP contribution in [-0.4, -0.2) is 49.8 Å². The van der Waals surface area contributed by atoms with Crippen LogP contribution in [0.3, 0.4) is 0 Å². The van der Waals surface area contributed by atoms with Crippen molar-refractivity contribution in [1.82, 2.24) is 10.2 Å². The predicted molar refractivity (Wildman–Crippen MR) is 60.8 cm³/mol. The SMILES string of the molecule is COCCN(CCN)C(=O)NC(C)(C)C. The molecule has 3 N–H and O–H groups in total. The zero-order chi connectivity index (χ0) is 11.9. The van der Waals surface area contributed by atoms with Crippen molar-refractivity contribution in [3.8, 4) is 0 Å². The van der Waals surface area contributed by atoms with E-state index in [1.807, 2.05) is 20.8 Å². The molecule has 90 valence electrons. The van der Waals surface area contributed by atoms with Gasteiger partial charge in [-0.1, -0.05) is 0 Å². The number of carbonyl (C=O) groups is 1. The standard InChI is InChI=1S/C10H23N3O2/c1-10(2,3)12-9(14)13(6-5-11)7-8-15-4/h5-8,11H2,1-4H3,(H,12,14). The van der Waals surface area contributed by atoms with Crippen LogP contribution in [0.2, 0.25) is 0 Å². The molecular formula is C10H23N3O2. The van der Waals surface area contributed by atoms with E-state index in [4.69, 9.17) is 10.5 Å². The molecule has 0 bridgehead atoms. The van der Waals surface area contributed by atoms with Crippen molar-refractivity contribution >= 4 is 6.03 Å². The van der Waals surface area contributed by atoms with Crippen molar-refractivity contribution in [2.45, 2.75) is 26.3 Å². The summed E-state index contributed by atoms with van der Waals surface area (Å²) in [6, 6.07) is -0.0926. The Labute approximate surface area is 91.9 Å². The molecule has 5 nitrogen and oxygen atoms in total. The van der Waals surface area contributed by atoms with Crippen molar-refractivity contribution in [2.75, 3.05) is 33.4 Å². The molecule has 0 aliphatic rings. The predicted octanol–water partition coefficient (Wildman–Crippen LogP) is 0.402. The van der Waals surface area contributed by atoms with Crippen molar-refractivity contribution in [1.29, 1.82) is 0 Å². The highest BCUT2D eigenvalue weighted by molar-refractivity contribution is 5.74. The van der Waals surface area contributed by atoms with Crippen LogP contribution in [0.1, 0.15) is 20.8 Å². The summed E-state index contributed by atoms with van der Waals surface area (Å²) in [6.45, 7) is 7.94. The summed E-state index contributed by atoms with van der Waals surface area (Å²) in [5.41, 5.74) is 5.22. The van der Waals surface area contributed by atoms with E-state index >= 15 is 0 Å². The second kappa shape index (κ2) is 6.63. The molecule has 0 aromatic heterocycles. The fraction of sp³-hybridized carbons (Fsp3) is 0.900. The first-order valence-corrected chi connectivity index (χ1v) is 5.17. The van der Waals surface area contributed by atoms with Crippen LogP contribution in [0, 0.1) is 0 Å². The minimum atomic E-state index is -0.225. The minimum Gasteiger partial charge on any atom is -0.383 e. The third kappa shape index (κ3) is 7.16. The number of methoxy groups -OCH3 is 1. The minimum absolute atomic E-state index is 0.0926. The second-order valence-electron chi connectivity index (χ2n) is 4.45. The molecule has 0 heterocycles. The first-order chi connectivity index (χ1) is 6.90. The van der Waals surface area contributed by atoms with Gasteiger partial charge in [0.05, 0.1) is 6.61 Å². The van der Waals surface area contributed by atoms with Gasteiger partial charge in [-0.2, -0.15) is 0 Å². The maximum absolute atomic E-state index is 11.8. The molecule has 0 aliphatic carbocycles. The highest BCUT2D eigenvalue weighted by Crippen LogP contribution is 2.00.